The van der Waals surface area contributed by atoms with Crippen molar-refractivity contribution in [2.45, 2.75) is 72.1 Å². The molecule has 0 bridgehead atoms. The van der Waals surface area contributed by atoms with E-state index in [2.05, 4.69) is 4.98 Å². The summed E-state index contributed by atoms with van der Waals surface area (Å²) in [5.41, 5.74) is 2.71. The minimum absolute atomic E-state index is 0.0360. The van der Waals surface area contributed by atoms with Crippen molar-refractivity contribution >= 4 is 25.8 Å². The molecular weight excluding hydrogens is 532 g/mol. The third kappa shape index (κ3) is 8.11. The number of aryl methyl sites for hydroxylation is 2. The molecule has 0 saturated heterocycles. The van der Waals surface area contributed by atoms with Gasteiger partial charge in [-0.25, -0.2) is 21.8 Å². The highest BCUT2D eigenvalue weighted by molar-refractivity contribution is 8.06. The quantitative estimate of drug-likeness (QED) is 0.379. The molecule has 1 aliphatic rings. The van der Waals surface area contributed by atoms with Gasteiger partial charge in [0.2, 0.25) is 15.9 Å². The van der Waals surface area contributed by atoms with E-state index < -0.39 is 42.9 Å². The maximum absolute atomic E-state index is 13.1. The standard InChI is InChI=1S/C26H38N2O8S2/c1-17(2)24(26(29)30)28(38(33,34)16-37(5,31)32)14-20-7-6-8-22(13-20)35-15-23-19(4)36-25(27-23)21-11-9-18(3)10-12-21/h9-12,17,20,22,24H,6-8,13-16H2,1-5H3,(H,29,30)/p+1/t20?,22?,24-/m0/s1. The summed E-state index contributed by atoms with van der Waals surface area (Å²) in [5.74, 6) is -0.492. The van der Waals surface area contributed by atoms with Gasteiger partial charge in [-0.15, -0.1) is 0 Å². The number of hydrogen-bond acceptors (Lipinski definition) is 7. The Kier molecular flexibility index (Phi) is 9.77. The summed E-state index contributed by atoms with van der Waals surface area (Å²) in [6.07, 6.45) is 3.53. The molecule has 10 nitrogen and oxygen atoms in total. The average molecular weight is 572 g/mol. The van der Waals surface area contributed by atoms with Crippen molar-refractivity contribution in [3.63, 3.8) is 0 Å². The molecule has 2 unspecified atom stereocenters. The molecule has 0 amide bonds. The van der Waals surface area contributed by atoms with Gasteiger partial charge in [0.15, 0.2) is 21.0 Å². The van der Waals surface area contributed by atoms with E-state index >= 15 is 0 Å². The van der Waals surface area contributed by atoms with Crippen LogP contribution in [0.25, 0.3) is 11.5 Å². The second kappa shape index (κ2) is 12.3. The number of carboxylic acids is 1. The Morgan fingerprint density at radius 2 is 1.84 bits per heavy atom. The summed E-state index contributed by atoms with van der Waals surface area (Å²) in [6, 6.07) is 6.63. The molecule has 0 radical (unpaired) electrons. The minimum Gasteiger partial charge on any atom is -0.441 e. The number of aliphatic carboxylic acids is 1. The third-order valence-corrected chi connectivity index (χ3v) is 10.7. The zero-order chi connectivity index (χ0) is 28.3. The number of aliphatic hydroxyl groups excluding tert-OH is 1. The van der Waals surface area contributed by atoms with E-state index in [0.29, 0.717) is 30.2 Å². The Balaban J connectivity index is 1.71. The summed E-state index contributed by atoms with van der Waals surface area (Å²) in [5, 5.41) is 8.81. The van der Waals surface area contributed by atoms with Gasteiger partial charge in [-0.05, 0) is 57.1 Å². The topological polar surface area (TPSA) is 148 Å². The third-order valence-electron chi connectivity index (χ3n) is 6.75. The number of aromatic nitrogens is 1. The highest BCUT2D eigenvalue weighted by atomic mass is 32.3. The Morgan fingerprint density at radius 1 is 1.18 bits per heavy atom. The van der Waals surface area contributed by atoms with Gasteiger partial charge in [0.05, 0.1) is 12.7 Å². The average Bonchev–Trinajstić information content (AvgIpc) is 3.16. The van der Waals surface area contributed by atoms with Crippen LogP contribution in [-0.2, 0) is 31.2 Å². The summed E-state index contributed by atoms with van der Waals surface area (Å²) < 4.78 is 62.8. The molecule has 2 N–H and O–H groups in total. The number of benzene rings is 1. The van der Waals surface area contributed by atoms with Crippen LogP contribution in [0, 0.1) is 25.7 Å². The molecule has 3 atom stereocenters. The number of sulfonamides is 1. The molecule has 0 aliphatic heterocycles. The highest BCUT2D eigenvalue weighted by Crippen LogP contribution is 2.31. The Morgan fingerprint density at radius 3 is 2.42 bits per heavy atom. The van der Waals surface area contributed by atoms with Gasteiger partial charge in [-0.3, -0.25) is 0 Å². The molecule has 212 valence electrons. The van der Waals surface area contributed by atoms with Crippen LogP contribution in [0.4, 0.5) is 0 Å². The zero-order valence-electron chi connectivity index (χ0n) is 22.6. The lowest BCUT2D eigenvalue weighted by Gasteiger charge is -2.35. The van der Waals surface area contributed by atoms with Crippen molar-refractivity contribution in [2.24, 2.45) is 11.8 Å². The van der Waals surface area contributed by atoms with Crippen molar-refractivity contribution < 1.29 is 35.9 Å². The van der Waals surface area contributed by atoms with Crippen molar-refractivity contribution in [1.82, 2.24) is 9.29 Å². The van der Waals surface area contributed by atoms with Crippen molar-refractivity contribution in [3.8, 4) is 11.5 Å². The fourth-order valence-corrected chi connectivity index (χ4v) is 8.72. The van der Waals surface area contributed by atoms with Crippen molar-refractivity contribution in [2.75, 3.05) is 17.9 Å². The first-order chi connectivity index (χ1) is 17.7. The summed E-state index contributed by atoms with van der Waals surface area (Å²) in [6.45, 7) is 7.35. The smallest absolute Gasteiger partial charge is 0.441 e. The van der Waals surface area contributed by atoms with E-state index in [4.69, 9.17) is 9.15 Å². The first-order valence-electron chi connectivity index (χ1n) is 12.7. The first kappa shape index (κ1) is 30.3. The van der Waals surface area contributed by atoms with Gasteiger partial charge in [-0.2, -0.15) is 4.31 Å². The SMILES string of the molecule is Cc1ccc(-c2nc(COC3CCCC(CN([C@H](C(O)=[OH+])C(C)C)S(=O)(=O)CS(C)(=O)=O)C3)c(C)o2)cc1. The molecule has 1 fully saturated rings. The van der Waals surface area contributed by atoms with Crippen LogP contribution in [0.5, 0.6) is 0 Å². The molecule has 12 heteroatoms. The van der Waals surface area contributed by atoms with Crippen LogP contribution in [-0.4, -0.2) is 72.0 Å². The van der Waals surface area contributed by atoms with Crippen molar-refractivity contribution in [1.29, 1.82) is 0 Å². The van der Waals surface area contributed by atoms with Crippen LogP contribution in [0.15, 0.2) is 28.7 Å². The van der Waals surface area contributed by atoms with Gasteiger partial charge >= 0.3 is 5.97 Å². The molecule has 1 saturated carbocycles. The van der Waals surface area contributed by atoms with E-state index in [9.17, 15) is 26.7 Å². The Hall–Kier alpha value is -2.28. The minimum atomic E-state index is -4.33. The number of sulfone groups is 1. The second-order valence-electron chi connectivity index (χ2n) is 10.6. The second-order valence-corrected chi connectivity index (χ2v) is 15.1. The van der Waals surface area contributed by atoms with Crippen LogP contribution in [0.2, 0.25) is 0 Å². The van der Waals surface area contributed by atoms with Gasteiger partial charge in [0.1, 0.15) is 11.5 Å². The lowest BCUT2D eigenvalue weighted by molar-refractivity contribution is -0.00257. The molecule has 1 heterocycles. The van der Waals surface area contributed by atoms with Gasteiger partial charge in [0, 0.05) is 18.4 Å². The predicted octanol–water partition coefficient (Wildman–Crippen LogP) is 3.75. The summed E-state index contributed by atoms with van der Waals surface area (Å²) in [7, 11) is -8.20. The van der Waals surface area contributed by atoms with Crippen LogP contribution >= 0.6 is 0 Å². The van der Waals surface area contributed by atoms with Crippen LogP contribution < -0.4 is 0 Å². The van der Waals surface area contributed by atoms with Gasteiger partial charge in [0.25, 0.3) is 0 Å². The summed E-state index contributed by atoms with van der Waals surface area (Å²) >= 11 is 0. The van der Waals surface area contributed by atoms with E-state index in [1.165, 1.54) is 0 Å². The van der Waals surface area contributed by atoms with Gasteiger partial charge < -0.3 is 19.1 Å². The predicted molar refractivity (Wildman–Crippen MR) is 145 cm³/mol. The fraction of sp³-hybridized carbons (Fsp3) is 0.615. The fourth-order valence-electron chi connectivity index (χ4n) is 4.89. The zero-order valence-corrected chi connectivity index (χ0v) is 24.3. The maximum atomic E-state index is 13.1. The molecule has 1 aromatic carbocycles. The normalized spacial score (nSPS) is 19.7. The number of carboxylic acid groups (broad SMARTS) is 1. The van der Waals surface area contributed by atoms with E-state index in [0.717, 1.165) is 34.5 Å². The number of oxazole rings is 1. The highest BCUT2D eigenvalue weighted by Gasteiger charge is 2.43. The molecular formula is C26H39N2O8S2+. The molecule has 3 rings (SSSR count). The Bertz CT molecular complexity index is 1320. The lowest BCUT2D eigenvalue weighted by Crippen LogP contribution is -2.51. The molecule has 0 spiro atoms. The van der Waals surface area contributed by atoms with E-state index in [1.54, 1.807) is 13.8 Å². The molecule has 1 aromatic heterocycles. The lowest BCUT2D eigenvalue weighted by atomic mass is 9.86. The molecule has 38 heavy (non-hydrogen) atoms. The monoisotopic (exact) mass is 571 g/mol. The molecule has 2 aromatic rings. The van der Waals surface area contributed by atoms with Gasteiger partial charge in [-0.1, -0.05) is 38.0 Å². The number of hydrogen-bond donors (Lipinski definition) is 1. The van der Waals surface area contributed by atoms with Crippen LogP contribution in [0.3, 0.4) is 0 Å². The largest absolute Gasteiger partial charge is 0.499 e. The van der Waals surface area contributed by atoms with Crippen LogP contribution in [0.1, 0.15) is 56.5 Å². The number of ether oxygens (including phenoxy) is 1. The molecule has 1 aliphatic carbocycles. The first-order valence-corrected chi connectivity index (χ1v) is 16.4. The number of nitrogens with zero attached hydrogens (tertiary/aromatic N) is 2. The van der Waals surface area contributed by atoms with E-state index in [-0.39, 0.29) is 25.2 Å². The maximum Gasteiger partial charge on any atom is 0.499 e. The Labute approximate surface area is 225 Å². The van der Waals surface area contributed by atoms with Crippen molar-refractivity contribution in [3.05, 3.63) is 41.3 Å². The number of rotatable bonds is 12. The summed E-state index contributed by atoms with van der Waals surface area (Å²) in [4.78, 5) is 14.5. The van der Waals surface area contributed by atoms with E-state index in [1.807, 2.05) is 38.1 Å².